The van der Waals surface area contributed by atoms with Crippen molar-refractivity contribution in [2.75, 3.05) is 39.6 Å². The van der Waals surface area contributed by atoms with Gasteiger partial charge in [-0.2, -0.15) is 0 Å². The molecule has 2 N–H and O–H groups in total. The predicted octanol–water partition coefficient (Wildman–Crippen LogP) is -0.121. The van der Waals surface area contributed by atoms with E-state index >= 15 is 0 Å². The second kappa shape index (κ2) is 5.79. The highest BCUT2D eigenvalue weighted by Crippen LogP contribution is 2.15. The summed E-state index contributed by atoms with van der Waals surface area (Å²) in [5, 5.41) is 0. The van der Waals surface area contributed by atoms with E-state index < -0.39 is 10.0 Å². The summed E-state index contributed by atoms with van der Waals surface area (Å²) in [6.45, 7) is 4.98. The second-order valence-electron chi connectivity index (χ2n) is 4.43. The van der Waals surface area contributed by atoms with E-state index in [9.17, 15) is 8.42 Å². The van der Waals surface area contributed by atoms with Crippen LogP contribution in [0.3, 0.4) is 0 Å². The molecule has 0 fully saturated rings. The number of ether oxygens (including phenoxy) is 1. The minimum Gasteiger partial charge on any atom is -0.384 e. The SMILES string of the molecule is COCCS(=O)(=O)N(C)CC(C)(C)CN. The fourth-order valence-electron chi connectivity index (χ4n) is 1.11. The first-order valence-corrected chi connectivity index (χ1v) is 6.49. The van der Waals surface area contributed by atoms with Crippen molar-refractivity contribution in [2.45, 2.75) is 13.8 Å². The van der Waals surface area contributed by atoms with E-state index in [1.54, 1.807) is 7.05 Å². The largest absolute Gasteiger partial charge is 0.384 e. The standard InChI is InChI=1S/C9H22N2O3S/c1-9(2,7-10)8-11(3)15(12,13)6-5-14-4/h5-8,10H2,1-4H3. The number of nitrogens with zero attached hydrogens (tertiary/aromatic N) is 1. The average molecular weight is 238 g/mol. The van der Waals surface area contributed by atoms with Crippen LogP contribution >= 0.6 is 0 Å². The van der Waals surface area contributed by atoms with Crippen LogP contribution in [0.25, 0.3) is 0 Å². The highest BCUT2D eigenvalue weighted by Gasteiger charge is 2.25. The van der Waals surface area contributed by atoms with Gasteiger partial charge in [-0.25, -0.2) is 12.7 Å². The van der Waals surface area contributed by atoms with Crippen molar-refractivity contribution < 1.29 is 13.2 Å². The van der Waals surface area contributed by atoms with Crippen LogP contribution in [-0.2, 0) is 14.8 Å². The first-order chi connectivity index (χ1) is 6.75. The zero-order chi connectivity index (χ0) is 12.1. The molecule has 0 amide bonds. The van der Waals surface area contributed by atoms with Crippen LogP contribution in [0, 0.1) is 5.41 Å². The van der Waals surface area contributed by atoms with Crippen molar-refractivity contribution >= 4 is 10.0 Å². The van der Waals surface area contributed by atoms with E-state index in [1.165, 1.54) is 11.4 Å². The van der Waals surface area contributed by atoms with Crippen LogP contribution in [0.15, 0.2) is 0 Å². The van der Waals surface area contributed by atoms with Crippen molar-refractivity contribution in [1.29, 1.82) is 0 Å². The quantitative estimate of drug-likeness (QED) is 0.671. The molecule has 0 bridgehead atoms. The average Bonchev–Trinajstić information content (AvgIpc) is 2.14. The smallest absolute Gasteiger partial charge is 0.216 e. The Hall–Kier alpha value is -0.170. The maximum absolute atomic E-state index is 11.7. The highest BCUT2D eigenvalue weighted by atomic mass is 32.2. The molecule has 0 saturated heterocycles. The lowest BCUT2D eigenvalue weighted by molar-refractivity contribution is 0.214. The Bertz CT molecular complexity index is 275. The van der Waals surface area contributed by atoms with Crippen LogP contribution in [-0.4, -0.2) is 52.3 Å². The predicted molar refractivity (Wildman–Crippen MR) is 61.1 cm³/mol. The van der Waals surface area contributed by atoms with Gasteiger partial charge in [0.25, 0.3) is 0 Å². The number of methoxy groups -OCH3 is 1. The highest BCUT2D eigenvalue weighted by molar-refractivity contribution is 7.89. The molecular weight excluding hydrogens is 216 g/mol. The van der Waals surface area contributed by atoms with Gasteiger partial charge in [-0.05, 0) is 12.0 Å². The molecule has 0 radical (unpaired) electrons. The Morgan fingerprint density at radius 2 is 1.93 bits per heavy atom. The Labute approximate surface area is 92.6 Å². The van der Waals surface area contributed by atoms with Crippen molar-refractivity contribution in [1.82, 2.24) is 4.31 Å². The molecule has 0 aromatic carbocycles. The lowest BCUT2D eigenvalue weighted by Crippen LogP contribution is -2.41. The Balaban J connectivity index is 4.37. The molecule has 0 aromatic heterocycles. The van der Waals surface area contributed by atoms with Crippen LogP contribution in [0.5, 0.6) is 0 Å². The second-order valence-corrected chi connectivity index (χ2v) is 6.63. The van der Waals surface area contributed by atoms with E-state index in [4.69, 9.17) is 10.5 Å². The molecule has 0 unspecified atom stereocenters. The van der Waals surface area contributed by atoms with Gasteiger partial charge in [-0.3, -0.25) is 0 Å². The monoisotopic (exact) mass is 238 g/mol. The minimum absolute atomic E-state index is 0.0145. The van der Waals surface area contributed by atoms with Crippen molar-refractivity contribution in [3.63, 3.8) is 0 Å². The van der Waals surface area contributed by atoms with Crippen molar-refractivity contribution in [3.8, 4) is 0 Å². The molecule has 0 heterocycles. The fraction of sp³-hybridized carbons (Fsp3) is 1.00. The molecule has 15 heavy (non-hydrogen) atoms. The van der Waals surface area contributed by atoms with E-state index in [0.29, 0.717) is 13.1 Å². The fourth-order valence-corrected chi connectivity index (χ4v) is 2.35. The Morgan fingerprint density at radius 3 is 2.33 bits per heavy atom. The van der Waals surface area contributed by atoms with Gasteiger partial charge >= 0.3 is 0 Å². The summed E-state index contributed by atoms with van der Waals surface area (Å²) in [5.41, 5.74) is 5.35. The van der Waals surface area contributed by atoms with Gasteiger partial charge in [0.05, 0.1) is 12.4 Å². The summed E-state index contributed by atoms with van der Waals surface area (Å²) in [7, 11) is -0.156. The van der Waals surface area contributed by atoms with Gasteiger partial charge in [0.15, 0.2) is 0 Å². The summed E-state index contributed by atoms with van der Waals surface area (Å²) < 4.78 is 29.5. The molecule has 0 aliphatic rings. The molecule has 0 rings (SSSR count). The molecule has 92 valence electrons. The Kier molecular flexibility index (Phi) is 5.72. The van der Waals surface area contributed by atoms with Gasteiger partial charge in [-0.15, -0.1) is 0 Å². The minimum atomic E-state index is -3.21. The van der Waals surface area contributed by atoms with Crippen LogP contribution < -0.4 is 5.73 Å². The van der Waals surface area contributed by atoms with Crippen molar-refractivity contribution in [3.05, 3.63) is 0 Å². The van der Waals surface area contributed by atoms with E-state index in [1.807, 2.05) is 13.8 Å². The zero-order valence-electron chi connectivity index (χ0n) is 9.99. The first kappa shape index (κ1) is 14.8. The summed E-state index contributed by atoms with van der Waals surface area (Å²) >= 11 is 0. The molecule has 0 aromatic rings. The van der Waals surface area contributed by atoms with Gasteiger partial charge in [-0.1, -0.05) is 13.8 Å². The number of hydrogen-bond acceptors (Lipinski definition) is 4. The zero-order valence-corrected chi connectivity index (χ0v) is 10.8. The number of sulfonamides is 1. The van der Waals surface area contributed by atoms with E-state index in [-0.39, 0.29) is 17.8 Å². The molecule has 0 saturated carbocycles. The number of rotatable bonds is 7. The lowest BCUT2D eigenvalue weighted by atomic mass is 9.94. The number of hydrogen-bond donors (Lipinski definition) is 1. The molecule has 0 aliphatic heterocycles. The lowest BCUT2D eigenvalue weighted by Gasteiger charge is -2.28. The summed E-state index contributed by atoms with van der Waals surface area (Å²) in [6.07, 6.45) is 0. The van der Waals surface area contributed by atoms with Crippen LogP contribution in [0.4, 0.5) is 0 Å². The van der Waals surface area contributed by atoms with Gasteiger partial charge in [0.2, 0.25) is 10.0 Å². The molecular formula is C9H22N2O3S. The number of nitrogens with two attached hydrogens (primary N) is 1. The molecule has 6 heteroatoms. The third kappa shape index (κ3) is 5.46. The molecule has 0 spiro atoms. The van der Waals surface area contributed by atoms with E-state index in [2.05, 4.69) is 0 Å². The maximum Gasteiger partial charge on any atom is 0.216 e. The van der Waals surface area contributed by atoms with Gasteiger partial charge in [0.1, 0.15) is 0 Å². The Morgan fingerprint density at radius 1 is 1.40 bits per heavy atom. The third-order valence-corrected chi connectivity index (χ3v) is 3.98. The third-order valence-electron chi connectivity index (χ3n) is 2.22. The van der Waals surface area contributed by atoms with Gasteiger partial charge < -0.3 is 10.5 Å². The molecule has 0 aliphatic carbocycles. The first-order valence-electron chi connectivity index (χ1n) is 4.88. The summed E-state index contributed by atoms with van der Waals surface area (Å²) in [5.74, 6) is 0.0145. The van der Waals surface area contributed by atoms with Crippen LogP contribution in [0.2, 0.25) is 0 Å². The summed E-state index contributed by atoms with van der Waals surface area (Å²) in [4.78, 5) is 0. The topological polar surface area (TPSA) is 72.6 Å². The van der Waals surface area contributed by atoms with Crippen LogP contribution in [0.1, 0.15) is 13.8 Å². The van der Waals surface area contributed by atoms with Gasteiger partial charge in [0, 0.05) is 20.7 Å². The maximum atomic E-state index is 11.7. The normalized spacial score (nSPS) is 13.5. The van der Waals surface area contributed by atoms with Crippen molar-refractivity contribution in [2.24, 2.45) is 11.1 Å². The van der Waals surface area contributed by atoms with E-state index in [0.717, 1.165) is 0 Å². The summed E-state index contributed by atoms with van der Waals surface area (Å²) in [6, 6.07) is 0. The molecule has 0 atom stereocenters. The molecule has 5 nitrogen and oxygen atoms in total.